The van der Waals surface area contributed by atoms with E-state index in [1.807, 2.05) is 25.3 Å². The second kappa shape index (κ2) is 6.01. The van der Waals surface area contributed by atoms with Crippen LogP contribution in [0.15, 0.2) is 12.1 Å². The topological polar surface area (TPSA) is 38.7 Å². The van der Waals surface area contributed by atoms with Crippen LogP contribution in [0.25, 0.3) is 0 Å². The summed E-state index contributed by atoms with van der Waals surface area (Å²) in [4.78, 5) is 0. The molecule has 0 bridgehead atoms. The molecule has 1 unspecified atom stereocenters. The molecule has 4 heteroatoms. The lowest BCUT2D eigenvalue weighted by Crippen LogP contribution is -2.04. The highest BCUT2D eigenvalue weighted by atomic mass is 32.2. The number of methoxy groups -OCH3 is 2. The molecule has 0 aliphatic heterocycles. The van der Waals surface area contributed by atoms with Gasteiger partial charge in [-0.15, -0.1) is 0 Å². The van der Waals surface area contributed by atoms with Crippen molar-refractivity contribution in [1.82, 2.24) is 0 Å². The normalized spacial score (nSPS) is 12.3. The van der Waals surface area contributed by atoms with E-state index in [-0.39, 0.29) is 0 Å². The van der Waals surface area contributed by atoms with Gasteiger partial charge in [0, 0.05) is 5.75 Å². The van der Waals surface area contributed by atoms with Gasteiger partial charge in [-0.3, -0.25) is 0 Å². The Balaban J connectivity index is 3.10. The van der Waals surface area contributed by atoms with Crippen LogP contribution in [0.3, 0.4) is 0 Å². The van der Waals surface area contributed by atoms with Gasteiger partial charge in [0.15, 0.2) is 11.5 Å². The maximum Gasteiger partial charge on any atom is 0.161 e. The highest BCUT2D eigenvalue weighted by molar-refractivity contribution is 7.98. The summed E-state index contributed by atoms with van der Waals surface area (Å²) in [5.41, 5.74) is 1.91. The average Bonchev–Trinajstić information content (AvgIpc) is 2.28. The van der Waals surface area contributed by atoms with Gasteiger partial charge in [0.1, 0.15) is 0 Å². The smallest absolute Gasteiger partial charge is 0.161 e. The van der Waals surface area contributed by atoms with Crippen LogP contribution in [0.4, 0.5) is 0 Å². The van der Waals surface area contributed by atoms with Crippen molar-refractivity contribution in [2.45, 2.75) is 13.0 Å². The molecule has 0 aliphatic rings. The summed E-state index contributed by atoms with van der Waals surface area (Å²) in [6.07, 6.45) is 1.51. The van der Waals surface area contributed by atoms with Crippen molar-refractivity contribution in [2.24, 2.45) is 0 Å². The van der Waals surface area contributed by atoms with E-state index in [4.69, 9.17) is 9.47 Å². The molecule has 1 rings (SSSR count). The Kier molecular flexibility index (Phi) is 4.96. The molecule has 0 aliphatic carbocycles. The Morgan fingerprint density at radius 1 is 1.25 bits per heavy atom. The number of thioether (sulfide) groups is 1. The molecule has 0 heterocycles. The minimum absolute atomic E-state index is 0.463. The molecule has 1 atom stereocenters. The molecule has 90 valence electrons. The first-order valence-electron chi connectivity index (χ1n) is 5.03. The van der Waals surface area contributed by atoms with Gasteiger partial charge in [0.25, 0.3) is 0 Å². The van der Waals surface area contributed by atoms with Crippen molar-refractivity contribution < 1.29 is 14.6 Å². The first-order chi connectivity index (χ1) is 7.63. The van der Waals surface area contributed by atoms with E-state index in [1.54, 1.807) is 26.0 Å². The molecule has 1 aromatic rings. The number of aryl methyl sites for hydroxylation is 1. The second-order valence-electron chi connectivity index (χ2n) is 3.53. The van der Waals surface area contributed by atoms with E-state index in [0.717, 1.165) is 11.1 Å². The van der Waals surface area contributed by atoms with Gasteiger partial charge in [-0.25, -0.2) is 0 Å². The monoisotopic (exact) mass is 242 g/mol. The highest BCUT2D eigenvalue weighted by Crippen LogP contribution is 2.33. The van der Waals surface area contributed by atoms with Crippen LogP contribution < -0.4 is 9.47 Å². The maximum atomic E-state index is 9.97. The molecule has 16 heavy (non-hydrogen) atoms. The molecule has 0 radical (unpaired) electrons. The molecule has 0 spiro atoms. The predicted octanol–water partition coefficient (Wildman–Crippen LogP) is 2.41. The Morgan fingerprint density at radius 3 is 2.31 bits per heavy atom. The Bertz CT molecular complexity index is 352. The fourth-order valence-corrected chi connectivity index (χ4v) is 2.10. The summed E-state index contributed by atoms with van der Waals surface area (Å²) in [5, 5.41) is 9.97. The van der Waals surface area contributed by atoms with E-state index in [1.165, 1.54) is 0 Å². The molecule has 0 saturated heterocycles. The number of rotatable bonds is 5. The first kappa shape index (κ1) is 13.2. The second-order valence-corrected chi connectivity index (χ2v) is 4.45. The summed E-state index contributed by atoms with van der Waals surface area (Å²) >= 11 is 1.61. The number of aliphatic hydroxyl groups is 1. The van der Waals surface area contributed by atoms with E-state index < -0.39 is 6.10 Å². The maximum absolute atomic E-state index is 9.97. The average molecular weight is 242 g/mol. The zero-order valence-corrected chi connectivity index (χ0v) is 10.9. The Labute approximate surface area is 101 Å². The standard InChI is InChI=1S/C12H18O3S/c1-8-5-11(14-2)12(15-3)6-9(8)10(13)7-16-4/h5-6,10,13H,7H2,1-4H3. The van der Waals surface area contributed by atoms with E-state index >= 15 is 0 Å². The van der Waals surface area contributed by atoms with Gasteiger partial charge in [0.2, 0.25) is 0 Å². The van der Waals surface area contributed by atoms with Crippen LogP contribution in [0.1, 0.15) is 17.2 Å². The van der Waals surface area contributed by atoms with E-state index in [2.05, 4.69) is 0 Å². The summed E-state index contributed by atoms with van der Waals surface area (Å²) in [6.45, 7) is 1.96. The van der Waals surface area contributed by atoms with Crippen LogP contribution in [0, 0.1) is 6.92 Å². The van der Waals surface area contributed by atoms with Gasteiger partial charge < -0.3 is 14.6 Å². The molecule has 0 fully saturated rings. The Hall–Kier alpha value is -0.870. The van der Waals surface area contributed by atoms with Crippen molar-refractivity contribution in [2.75, 3.05) is 26.2 Å². The third kappa shape index (κ3) is 2.83. The van der Waals surface area contributed by atoms with Crippen molar-refractivity contribution in [3.63, 3.8) is 0 Å². The van der Waals surface area contributed by atoms with Crippen molar-refractivity contribution in [3.8, 4) is 11.5 Å². The molecule has 1 aromatic carbocycles. The zero-order chi connectivity index (χ0) is 12.1. The van der Waals surface area contributed by atoms with Gasteiger partial charge in [-0.05, 0) is 36.4 Å². The van der Waals surface area contributed by atoms with Crippen LogP contribution in [0.2, 0.25) is 0 Å². The van der Waals surface area contributed by atoms with Crippen LogP contribution in [-0.2, 0) is 0 Å². The lowest BCUT2D eigenvalue weighted by atomic mass is 10.0. The summed E-state index contributed by atoms with van der Waals surface area (Å²) in [5.74, 6) is 2.03. The van der Waals surface area contributed by atoms with Crippen LogP contribution in [0.5, 0.6) is 11.5 Å². The lowest BCUT2D eigenvalue weighted by molar-refractivity contribution is 0.202. The molecule has 3 nitrogen and oxygen atoms in total. The van der Waals surface area contributed by atoms with Crippen molar-refractivity contribution >= 4 is 11.8 Å². The van der Waals surface area contributed by atoms with Crippen molar-refractivity contribution in [3.05, 3.63) is 23.3 Å². The van der Waals surface area contributed by atoms with Gasteiger partial charge >= 0.3 is 0 Å². The molecule has 0 saturated carbocycles. The fourth-order valence-electron chi connectivity index (χ4n) is 1.60. The third-order valence-corrected chi connectivity index (χ3v) is 3.10. The minimum Gasteiger partial charge on any atom is -0.493 e. The summed E-state index contributed by atoms with van der Waals surface area (Å²) in [7, 11) is 3.20. The van der Waals surface area contributed by atoms with Gasteiger partial charge in [-0.1, -0.05) is 0 Å². The van der Waals surface area contributed by atoms with Crippen molar-refractivity contribution in [1.29, 1.82) is 0 Å². The first-order valence-corrected chi connectivity index (χ1v) is 6.43. The van der Waals surface area contributed by atoms with Gasteiger partial charge in [0.05, 0.1) is 20.3 Å². The molecule has 0 amide bonds. The fraction of sp³-hybridized carbons (Fsp3) is 0.500. The largest absolute Gasteiger partial charge is 0.493 e. The zero-order valence-electron chi connectivity index (χ0n) is 10.1. The SMILES string of the molecule is COc1cc(C)c(C(O)CSC)cc1OC. The van der Waals surface area contributed by atoms with Crippen LogP contribution in [-0.4, -0.2) is 31.3 Å². The summed E-state index contributed by atoms with van der Waals surface area (Å²) in [6, 6.07) is 3.73. The van der Waals surface area contributed by atoms with Crippen LogP contribution >= 0.6 is 11.8 Å². The minimum atomic E-state index is -0.463. The number of aliphatic hydroxyl groups excluding tert-OH is 1. The van der Waals surface area contributed by atoms with E-state index in [9.17, 15) is 5.11 Å². The predicted molar refractivity (Wildman–Crippen MR) is 67.6 cm³/mol. The summed E-state index contributed by atoms with van der Waals surface area (Å²) < 4.78 is 10.4. The number of ether oxygens (including phenoxy) is 2. The number of benzene rings is 1. The van der Waals surface area contributed by atoms with Gasteiger partial charge in [-0.2, -0.15) is 11.8 Å². The quantitative estimate of drug-likeness (QED) is 0.860. The number of hydrogen-bond donors (Lipinski definition) is 1. The lowest BCUT2D eigenvalue weighted by Gasteiger charge is -2.16. The molecular weight excluding hydrogens is 224 g/mol. The molecular formula is C12H18O3S. The molecule has 0 aromatic heterocycles. The third-order valence-electron chi connectivity index (χ3n) is 2.46. The highest BCUT2D eigenvalue weighted by Gasteiger charge is 2.14. The number of hydrogen-bond acceptors (Lipinski definition) is 4. The molecule has 1 N–H and O–H groups in total. The Morgan fingerprint density at radius 2 is 1.81 bits per heavy atom. The van der Waals surface area contributed by atoms with E-state index in [0.29, 0.717) is 17.3 Å².